The van der Waals surface area contributed by atoms with Gasteiger partial charge in [0.15, 0.2) is 5.65 Å². The molecule has 3 heterocycles. The molecule has 0 radical (unpaired) electrons. The smallest absolute Gasteiger partial charge is 0.405 e. The number of imidazole rings is 1. The van der Waals surface area contributed by atoms with Crippen LogP contribution >= 0.6 is 0 Å². The maximum Gasteiger partial charge on any atom is 0.405 e. The first-order chi connectivity index (χ1) is 13.6. The minimum Gasteiger partial charge on any atom is -0.465 e. The van der Waals surface area contributed by atoms with E-state index in [-0.39, 0.29) is 23.8 Å². The largest absolute Gasteiger partial charge is 0.465 e. The van der Waals surface area contributed by atoms with Crippen molar-refractivity contribution in [2.75, 3.05) is 6.54 Å². The third-order valence-corrected chi connectivity index (χ3v) is 6.01. The molecule has 2 aromatic heterocycles. The number of nitrogens with zero attached hydrogens (tertiary/aromatic N) is 3. The van der Waals surface area contributed by atoms with Gasteiger partial charge < -0.3 is 15.7 Å². The van der Waals surface area contributed by atoms with E-state index < -0.39 is 6.09 Å². The number of carbonyl (C=O) groups excluding carboxylic acids is 1. The third-order valence-electron chi connectivity index (χ3n) is 6.01. The van der Waals surface area contributed by atoms with Crippen LogP contribution in [0.1, 0.15) is 62.2 Å². The van der Waals surface area contributed by atoms with Crippen LogP contribution < -0.4 is 10.6 Å². The molecule has 8 nitrogen and oxygen atoms in total. The van der Waals surface area contributed by atoms with Gasteiger partial charge in [0.1, 0.15) is 0 Å². The Morgan fingerprint density at radius 3 is 2.75 bits per heavy atom. The van der Waals surface area contributed by atoms with Gasteiger partial charge in [-0.1, -0.05) is 25.7 Å². The lowest BCUT2D eigenvalue weighted by Gasteiger charge is -2.24. The zero-order valence-corrected chi connectivity index (χ0v) is 15.9. The van der Waals surface area contributed by atoms with Crippen LogP contribution in [-0.2, 0) is 11.2 Å². The van der Waals surface area contributed by atoms with Gasteiger partial charge in [-0.3, -0.25) is 4.79 Å². The molecule has 150 valence electrons. The Labute approximate surface area is 163 Å². The van der Waals surface area contributed by atoms with Crippen molar-refractivity contribution in [2.45, 2.75) is 57.4 Å². The highest BCUT2D eigenvalue weighted by molar-refractivity contribution is 5.80. The van der Waals surface area contributed by atoms with Crippen LogP contribution in [0.4, 0.5) is 4.79 Å². The van der Waals surface area contributed by atoms with E-state index in [1.54, 1.807) is 10.7 Å². The molecule has 28 heavy (non-hydrogen) atoms. The SMILES string of the molecule is O=C(O)NC(c1cn2ncc(CC3CCNC3=O)cc2n1)C1CCCCCC1. The number of amides is 2. The molecule has 2 aliphatic rings. The molecule has 0 spiro atoms. The highest BCUT2D eigenvalue weighted by atomic mass is 16.4. The molecule has 2 aromatic rings. The number of carbonyl (C=O) groups is 2. The zero-order chi connectivity index (χ0) is 19.5. The van der Waals surface area contributed by atoms with Gasteiger partial charge >= 0.3 is 6.09 Å². The molecule has 1 aliphatic heterocycles. The maximum absolute atomic E-state index is 11.8. The summed E-state index contributed by atoms with van der Waals surface area (Å²) in [5, 5.41) is 19.3. The standard InChI is InChI=1S/C20H27N5O3/c26-19-15(7-8-21-19)9-13-10-17-23-16(12-25(17)22-11-13)18(24-20(27)28)14-5-3-1-2-4-6-14/h10-12,14-15,18,24H,1-9H2,(H,21,26)(H,27,28). The summed E-state index contributed by atoms with van der Waals surface area (Å²) in [6.07, 6.45) is 10.8. The van der Waals surface area contributed by atoms with E-state index in [1.807, 2.05) is 12.3 Å². The topological polar surface area (TPSA) is 109 Å². The number of carboxylic acid groups (broad SMARTS) is 1. The highest BCUT2D eigenvalue weighted by Gasteiger charge is 2.28. The monoisotopic (exact) mass is 385 g/mol. The van der Waals surface area contributed by atoms with E-state index in [0.29, 0.717) is 12.1 Å². The fraction of sp³-hybridized carbons (Fsp3) is 0.600. The summed E-state index contributed by atoms with van der Waals surface area (Å²) in [6.45, 7) is 0.733. The number of nitrogens with one attached hydrogen (secondary N) is 2. The second-order valence-corrected chi connectivity index (χ2v) is 7.99. The molecule has 1 saturated carbocycles. The first-order valence-electron chi connectivity index (χ1n) is 10.2. The highest BCUT2D eigenvalue weighted by Crippen LogP contribution is 2.33. The average Bonchev–Trinajstić information content (AvgIpc) is 3.16. The molecule has 0 bridgehead atoms. The Bertz CT molecular complexity index is 857. The first kappa shape index (κ1) is 18.7. The summed E-state index contributed by atoms with van der Waals surface area (Å²) in [4.78, 5) is 27.9. The lowest BCUT2D eigenvalue weighted by molar-refractivity contribution is -0.122. The van der Waals surface area contributed by atoms with E-state index in [1.165, 1.54) is 12.8 Å². The van der Waals surface area contributed by atoms with Crippen LogP contribution in [0.2, 0.25) is 0 Å². The van der Waals surface area contributed by atoms with Crippen molar-refractivity contribution in [3.05, 3.63) is 29.7 Å². The Morgan fingerprint density at radius 2 is 2.07 bits per heavy atom. The predicted molar refractivity (Wildman–Crippen MR) is 103 cm³/mol. The van der Waals surface area contributed by atoms with Crippen molar-refractivity contribution in [1.29, 1.82) is 0 Å². The van der Waals surface area contributed by atoms with Crippen molar-refractivity contribution in [3.63, 3.8) is 0 Å². The van der Waals surface area contributed by atoms with E-state index in [2.05, 4.69) is 15.7 Å². The number of aromatic nitrogens is 3. The predicted octanol–water partition coefficient (Wildman–Crippen LogP) is 2.69. The molecule has 0 aromatic carbocycles. The number of rotatable bonds is 5. The Balaban J connectivity index is 1.58. The van der Waals surface area contributed by atoms with Gasteiger partial charge in [0.2, 0.25) is 5.91 Å². The van der Waals surface area contributed by atoms with Crippen molar-refractivity contribution in [1.82, 2.24) is 25.2 Å². The Morgan fingerprint density at radius 1 is 1.29 bits per heavy atom. The molecule has 8 heteroatoms. The second kappa shape index (κ2) is 8.16. The number of hydrogen-bond acceptors (Lipinski definition) is 4. The first-order valence-corrected chi connectivity index (χ1v) is 10.2. The number of fused-ring (bicyclic) bond motifs is 1. The van der Waals surface area contributed by atoms with Crippen molar-refractivity contribution >= 4 is 17.6 Å². The second-order valence-electron chi connectivity index (χ2n) is 7.99. The Kier molecular flexibility index (Phi) is 5.45. The van der Waals surface area contributed by atoms with Crippen LogP contribution in [-0.4, -0.2) is 38.2 Å². The zero-order valence-electron chi connectivity index (χ0n) is 15.9. The minimum atomic E-state index is -1.02. The molecular formula is C20H27N5O3. The van der Waals surface area contributed by atoms with Crippen LogP contribution in [0.25, 0.3) is 5.65 Å². The average molecular weight is 385 g/mol. The normalized spacial score (nSPS) is 22.0. The molecule has 2 unspecified atom stereocenters. The van der Waals surface area contributed by atoms with Gasteiger partial charge in [0.05, 0.1) is 24.1 Å². The van der Waals surface area contributed by atoms with Crippen molar-refractivity contribution in [3.8, 4) is 0 Å². The molecular weight excluding hydrogens is 358 g/mol. The van der Waals surface area contributed by atoms with Crippen molar-refractivity contribution in [2.24, 2.45) is 11.8 Å². The van der Waals surface area contributed by atoms with E-state index in [9.17, 15) is 14.7 Å². The van der Waals surface area contributed by atoms with Crippen LogP contribution in [0.3, 0.4) is 0 Å². The minimum absolute atomic E-state index is 0.00824. The third kappa shape index (κ3) is 4.10. The van der Waals surface area contributed by atoms with Crippen LogP contribution in [0.5, 0.6) is 0 Å². The molecule has 1 saturated heterocycles. The fourth-order valence-corrected chi connectivity index (χ4v) is 4.53. The lowest BCUT2D eigenvalue weighted by Crippen LogP contribution is -2.32. The molecule has 3 N–H and O–H groups in total. The molecule has 1 aliphatic carbocycles. The van der Waals surface area contributed by atoms with Gasteiger partial charge in [-0.15, -0.1) is 0 Å². The van der Waals surface area contributed by atoms with Gasteiger partial charge in [0.25, 0.3) is 0 Å². The summed E-state index contributed by atoms with van der Waals surface area (Å²) in [5.74, 6) is 0.347. The summed E-state index contributed by atoms with van der Waals surface area (Å²) in [6, 6.07) is 1.63. The van der Waals surface area contributed by atoms with E-state index in [0.717, 1.165) is 49.9 Å². The molecule has 2 fully saturated rings. The van der Waals surface area contributed by atoms with Gasteiger partial charge in [0, 0.05) is 12.5 Å². The van der Waals surface area contributed by atoms with Gasteiger partial charge in [-0.25, -0.2) is 14.3 Å². The summed E-state index contributed by atoms with van der Waals surface area (Å²) in [7, 11) is 0. The quantitative estimate of drug-likeness (QED) is 0.686. The fourth-order valence-electron chi connectivity index (χ4n) is 4.53. The summed E-state index contributed by atoms with van der Waals surface area (Å²) >= 11 is 0. The van der Waals surface area contributed by atoms with Crippen LogP contribution in [0.15, 0.2) is 18.5 Å². The Hall–Kier alpha value is -2.64. The lowest BCUT2D eigenvalue weighted by atomic mass is 9.90. The number of hydrogen-bond donors (Lipinski definition) is 3. The van der Waals surface area contributed by atoms with E-state index in [4.69, 9.17) is 4.98 Å². The molecule has 2 amide bonds. The van der Waals surface area contributed by atoms with Gasteiger partial charge in [-0.05, 0) is 43.2 Å². The molecule has 2 atom stereocenters. The summed E-state index contributed by atoms with van der Waals surface area (Å²) < 4.78 is 1.70. The van der Waals surface area contributed by atoms with E-state index >= 15 is 0 Å². The van der Waals surface area contributed by atoms with Crippen molar-refractivity contribution < 1.29 is 14.7 Å². The molecule has 4 rings (SSSR count). The summed E-state index contributed by atoms with van der Waals surface area (Å²) in [5.41, 5.74) is 2.39. The van der Waals surface area contributed by atoms with Gasteiger partial charge in [-0.2, -0.15) is 5.10 Å². The van der Waals surface area contributed by atoms with Crippen LogP contribution in [0, 0.1) is 11.8 Å². The maximum atomic E-state index is 11.8.